The summed E-state index contributed by atoms with van der Waals surface area (Å²) in [6.07, 6.45) is -0.700. The minimum Gasteiger partial charge on any atom is -0.388 e. The van der Waals surface area contributed by atoms with Gasteiger partial charge in [-0.15, -0.1) is 0 Å². The molecule has 0 amide bonds. The van der Waals surface area contributed by atoms with E-state index in [2.05, 4.69) is 0 Å². The van der Waals surface area contributed by atoms with E-state index in [0.717, 1.165) is 12.8 Å². The number of hydrogen-bond acceptors (Lipinski definition) is 4. The van der Waals surface area contributed by atoms with Gasteiger partial charge in [-0.05, 0) is 19.8 Å². The molecule has 2 fully saturated rings. The molecule has 0 spiro atoms. The Kier molecular flexibility index (Phi) is 2.55. The lowest BCUT2D eigenvalue weighted by Gasteiger charge is -2.14. The molecule has 4 nitrogen and oxygen atoms in total. The van der Waals surface area contributed by atoms with Crippen molar-refractivity contribution in [2.24, 2.45) is 0 Å². The van der Waals surface area contributed by atoms with Gasteiger partial charge in [0.25, 0.3) is 0 Å². The van der Waals surface area contributed by atoms with Crippen LogP contribution in [-0.2, 0) is 9.47 Å². The fourth-order valence-corrected chi connectivity index (χ4v) is 1.38. The van der Waals surface area contributed by atoms with E-state index >= 15 is 0 Å². The summed E-state index contributed by atoms with van der Waals surface area (Å²) < 4.78 is 10.5. The minimum absolute atomic E-state index is 0.316. The first-order chi connectivity index (χ1) is 6.18. The zero-order valence-electron chi connectivity index (χ0n) is 7.30. The van der Waals surface area contributed by atoms with Crippen molar-refractivity contribution in [3.05, 3.63) is 6.92 Å². The molecular weight excluding hydrogens is 172 g/mol. The van der Waals surface area contributed by atoms with E-state index in [1.807, 2.05) is 0 Å². The van der Waals surface area contributed by atoms with Gasteiger partial charge < -0.3 is 19.7 Å². The van der Waals surface area contributed by atoms with E-state index in [-0.39, 0.29) is 0 Å². The topological polar surface area (TPSA) is 58.9 Å². The van der Waals surface area contributed by atoms with Gasteiger partial charge >= 0.3 is 0 Å². The van der Waals surface area contributed by atoms with Crippen LogP contribution in [0.3, 0.4) is 0 Å². The first-order valence-corrected chi connectivity index (χ1v) is 4.57. The molecule has 1 unspecified atom stereocenters. The summed E-state index contributed by atoms with van der Waals surface area (Å²) in [6, 6.07) is 0. The van der Waals surface area contributed by atoms with Crippen LogP contribution in [0.1, 0.15) is 12.8 Å². The van der Waals surface area contributed by atoms with Crippen molar-refractivity contribution >= 4 is 0 Å². The number of aliphatic hydroxyl groups is 2. The second kappa shape index (κ2) is 3.53. The lowest BCUT2D eigenvalue weighted by Crippen LogP contribution is -2.34. The van der Waals surface area contributed by atoms with Crippen LogP contribution in [0.4, 0.5) is 0 Å². The molecule has 4 heteroatoms. The molecule has 2 rings (SSSR count). The van der Waals surface area contributed by atoms with E-state index in [4.69, 9.17) is 16.4 Å². The number of hydrogen-bond donors (Lipinski definition) is 2. The monoisotopic (exact) mass is 186 g/mol. The van der Waals surface area contributed by atoms with Crippen molar-refractivity contribution in [3.8, 4) is 0 Å². The zero-order chi connectivity index (χ0) is 9.42. The zero-order valence-corrected chi connectivity index (χ0v) is 7.30. The van der Waals surface area contributed by atoms with Gasteiger partial charge in [-0.1, -0.05) is 0 Å². The molecule has 13 heavy (non-hydrogen) atoms. The maximum atomic E-state index is 9.43. The lowest BCUT2D eigenvalue weighted by atomic mass is 10.1. The predicted molar refractivity (Wildman–Crippen MR) is 43.9 cm³/mol. The maximum Gasteiger partial charge on any atom is 0.111 e. The second-order valence-corrected chi connectivity index (χ2v) is 3.65. The molecule has 1 aliphatic carbocycles. The summed E-state index contributed by atoms with van der Waals surface area (Å²) in [5.41, 5.74) is 0. The Balaban J connectivity index is 1.78. The molecule has 4 atom stereocenters. The van der Waals surface area contributed by atoms with Gasteiger partial charge in [0.2, 0.25) is 0 Å². The molecule has 2 N–H and O–H groups in total. The molecule has 2 radical (unpaired) electrons. The molecule has 1 saturated heterocycles. The van der Waals surface area contributed by atoms with E-state index in [0.29, 0.717) is 12.7 Å². The van der Waals surface area contributed by atoms with Gasteiger partial charge in [-0.25, -0.2) is 0 Å². The summed E-state index contributed by atoms with van der Waals surface area (Å²) in [5, 5.41) is 18.7. The molecular formula is C9H14O4. The number of aliphatic hydroxyl groups excluding tert-OH is 2. The maximum absolute atomic E-state index is 9.43. The fourth-order valence-electron chi connectivity index (χ4n) is 1.38. The Morgan fingerprint density at radius 1 is 1.31 bits per heavy atom. The van der Waals surface area contributed by atoms with Crippen LogP contribution in [0.25, 0.3) is 0 Å². The Labute approximate surface area is 77.5 Å². The summed E-state index contributed by atoms with van der Waals surface area (Å²) in [4.78, 5) is 0. The van der Waals surface area contributed by atoms with Crippen LogP contribution in [0.15, 0.2) is 0 Å². The quantitative estimate of drug-likeness (QED) is 0.616. The predicted octanol–water partition coefficient (Wildman–Crippen LogP) is -0.634. The molecule has 74 valence electrons. The molecule has 1 saturated carbocycles. The average Bonchev–Trinajstić information content (AvgIpc) is 2.89. The van der Waals surface area contributed by atoms with E-state index in [1.54, 1.807) is 0 Å². The highest BCUT2D eigenvalue weighted by Crippen LogP contribution is 2.26. The Bertz CT molecular complexity index is 180. The van der Waals surface area contributed by atoms with Gasteiger partial charge in [0.05, 0.1) is 18.8 Å². The largest absolute Gasteiger partial charge is 0.388 e. The minimum atomic E-state index is -0.993. The second-order valence-electron chi connectivity index (χ2n) is 3.65. The standard InChI is InChI=1S/C9H14O4/c1-5-8(10)9(11)7(13-5)4-12-6-2-3-6/h1,5-11H,2-4H2/t5-,7+,8?,9-/m0/s1. The summed E-state index contributed by atoms with van der Waals surface area (Å²) in [5.74, 6) is 0. The van der Waals surface area contributed by atoms with Crippen molar-refractivity contribution in [2.75, 3.05) is 6.61 Å². The summed E-state index contributed by atoms with van der Waals surface area (Å²) in [6.45, 7) is 5.71. The smallest absolute Gasteiger partial charge is 0.111 e. The number of ether oxygens (including phenoxy) is 2. The van der Waals surface area contributed by atoms with Crippen molar-refractivity contribution in [1.29, 1.82) is 0 Å². The van der Waals surface area contributed by atoms with Gasteiger partial charge in [-0.2, -0.15) is 0 Å². The molecule has 0 aromatic carbocycles. The third-order valence-electron chi connectivity index (χ3n) is 2.42. The molecule has 0 bridgehead atoms. The third kappa shape index (κ3) is 2.02. The average molecular weight is 186 g/mol. The normalized spacial score (nSPS) is 45.5. The Morgan fingerprint density at radius 2 is 2.00 bits per heavy atom. The van der Waals surface area contributed by atoms with Crippen LogP contribution in [-0.4, -0.2) is 47.3 Å². The van der Waals surface area contributed by atoms with Crippen LogP contribution in [0.5, 0.6) is 0 Å². The summed E-state index contributed by atoms with van der Waals surface area (Å²) in [7, 11) is 0. The highest BCUT2D eigenvalue weighted by atomic mass is 16.6. The third-order valence-corrected chi connectivity index (χ3v) is 2.42. The van der Waals surface area contributed by atoms with Gasteiger partial charge in [-0.3, -0.25) is 0 Å². The van der Waals surface area contributed by atoms with Crippen LogP contribution < -0.4 is 0 Å². The SMILES string of the molecule is [CH][C@@H]1O[C@H](COC2CC2)[C@H](O)C1O. The molecule has 2 aliphatic rings. The van der Waals surface area contributed by atoms with Crippen molar-refractivity contribution in [1.82, 2.24) is 0 Å². The van der Waals surface area contributed by atoms with E-state index < -0.39 is 24.4 Å². The molecule has 1 aliphatic heterocycles. The Morgan fingerprint density at radius 3 is 2.46 bits per heavy atom. The summed E-state index contributed by atoms with van der Waals surface area (Å²) >= 11 is 0. The van der Waals surface area contributed by atoms with Crippen LogP contribution in [0.2, 0.25) is 0 Å². The Hall–Kier alpha value is -0.160. The van der Waals surface area contributed by atoms with Crippen molar-refractivity contribution < 1.29 is 19.7 Å². The first-order valence-electron chi connectivity index (χ1n) is 4.57. The van der Waals surface area contributed by atoms with Crippen molar-refractivity contribution in [2.45, 2.75) is 43.4 Å². The van der Waals surface area contributed by atoms with Crippen molar-refractivity contribution in [3.63, 3.8) is 0 Å². The highest BCUT2D eigenvalue weighted by Gasteiger charge is 2.41. The van der Waals surface area contributed by atoms with Gasteiger partial charge in [0.1, 0.15) is 18.3 Å². The van der Waals surface area contributed by atoms with Gasteiger partial charge in [0.15, 0.2) is 0 Å². The fraction of sp³-hybridized carbons (Fsp3) is 0.889. The molecule has 0 aromatic heterocycles. The van der Waals surface area contributed by atoms with Crippen LogP contribution in [0, 0.1) is 6.92 Å². The van der Waals surface area contributed by atoms with E-state index in [1.165, 1.54) is 0 Å². The molecule has 1 heterocycles. The lowest BCUT2D eigenvalue weighted by molar-refractivity contribution is -0.0414. The highest BCUT2D eigenvalue weighted by molar-refractivity contribution is 4.92. The number of rotatable bonds is 3. The van der Waals surface area contributed by atoms with Crippen LogP contribution >= 0.6 is 0 Å². The first kappa shape index (κ1) is 9.40. The van der Waals surface area contributed by atoms with Gasteiger partial charge in [0, 0.05) is 0 Å². The van der Waals surface area contributed by atoms with E-state index in [9.17, 15) is 10.2 Å². The molecule has 0 aromatic rings.